The van der Waals surface area contributed by atoms with Gasteiger partial charge in [-0.2, -0.15) is 0 Å². The lowest BCUT2D eigenvalue weighted by Crippen LogP contribution is -2.55. The molecule has 6 nitrogen and oxygen atoms in total. The molecule has 3 heterocycles. The molecule has 0 spiro atoms. The van der Waals surface area contributed by atoms with Crippen LogP contribution >= 0.6 is 0 Å². The van der Waals surface area contributed by atoms with Gasteiger partial charge >= 0.3 is 5.97 Å². The highest BCUT2D eigenvalue weighted by Crippen LogP contribution is 2.37. The highest BCUT2D eigenvalue weighted by atomic mass is 16.5. The largest absolute Gasteiger partial charge is 0.478 e. The Morgan fingerprint density at radius 3 is 3.39 bits per heavy atom. The Morgan fingerprint density at radius 1 is 1.67 bits per heavy atom. The number of hydrogen-bond donors (Lipinski definition) is 2. The van der Waals surface area contributed by atoms with Crippen molar-refractivity contribution in [2.45, 2.75) is 11.8 Å². The van der Waals surface area contributed by atoms with Crippen molar-refractivity contribution in [3.8, 4) is 0 Å². The molecule has 2 fully saturated rings. The Kier molecular flexibility index (Phi) is 2.76. The molecule has 0 aliphatic carbocycles. The number of carboxylic acids is 1. The summed E-state index contributed by atoms with van der Waals surface area (Å²) in [6.45, 7) is 2.83. The molecule has 2 unspecified atom stereocenters. The van der Waals surface area contributed by atoms with Crippen LogP contribution in [0, 0.1) is 12.2 Å². The number of fused-ring (bicyclic) bond motifs is 2. The normalized spacial score (nSPS) is 31.0. The average molecular weight is 248 g/mol. The van der Waals surface area contributed by atoms with Crippen LogP contribution in [0.1, 0.15) is 22.5 Å². The molecule has 2 saturated heterocycles. The number of carboxylic acid groups (broad SMARTS) is 1. The van der Waals surface area contributed by atoms with Crippen molar-refractivity contribution in [3.05, 3.63) is 23.8 Å². The fraction of sp³-hybridized carbons (Fsp3) is 0.583. The summed E-state index contributed by atoms with van der Waals surface area (Å²) in [6.07, 6.45) is 4.73. The van der Waals surface area contributed by atoms with Crippen LogP contribution < -0.4 is 5.32 Å². The molecule has 2 aliphatic heterocycles. The highest BCUT2D eigenvalue weighted by Gasteiger charge is 2.44. The summed E-state index contributed by atoms with van der Waals surface area (Å²) in [4.78, 5) is 19.1. The van der Waals surface area contributed by atoms with Gasteiger partial charge in [-0.3, -0.25) is 0 Å². The third-order valence-electron chi connectivity index (χ3n) is 3.71. The van der Waals surface area contributed by atoms with Crippen LogP contribution in [-0.2, 0) is 10.2 Å². The van der Waals surface area contributed by atoms with E-state index in [1.54, 1.807) is 0 Å². The molecule has 0 aromatic carbocycles. The van der Waals surface area contributed by atoms with Gasteiger partial charge in [0.05, 0.1) is 18.9 Å². The maximum Gasteiger partial charge on any atom is 0.339 e. The quantitative estimate of drug-likeness (QED) is 0.757. The molecule has 2 aliphatic rings. The van der Waals surface area contributed by atoms with Gasteiger partial charge in [-0.1, -0.05) is 0 Å². The highest BCUT2D eigenvalue weighted by molar-refractivity contribution is 5.88. The van der Waals surface area contributed by atoms with Gasteiger partial charge in [-0.05, 0) is 12.3 Å². The molecule has 18 heavy (non-hydrogen) atoms. The maximum absolute atomic E-state index is 11.3. The lowest BCUT2D eigenvalue weighted by Gasteiger charge is -2.45. The van der Waals surface area contributed by atoms with Crippen molar-refractivity contribution in [1.29, 1.82) is 0 Å². The second kappa shape index (κ2) is 4.29. The van der Waals surface area contributed by atoms with Gasteiger partial charge in [0.1, 0.15) is 5.56 Å². The summed E-state index contributed by atoms with van der Waals surface area (Å²) in [7, 11) is 0. The third-order valence-corrected chi connectivity index (χ3v) is 3.71. The van der Waals surface area contributed by atoms with Gasteiger partial charge < -0.3 is 15.2 Å². The molecule has 1 radical (unpaired) electrons. The number of aromatic carboxylic acids is 1. The zero-order valence-corrected chi connectivity index (χ0v) is 9.85. The molecule has 2 atom stereocenters. The van der Waals surface area contributed by atoms with Gasteiger partial charge in [0.25, 0.3) is 0 Å². The summed E-state index contributed by atoms with van der Waals surface area (Å²) < 4.78 is 5.62. The first-order valence-electron chi connectivity index (χ1n) is 5.97. The number of rotatable bonds is 2. The van der Waals surface area contributed by atoms with E-state index in [2.05, 4.69) is 21.6 Å². The Balaban J connectivity index is 2.05. The molecule has 2 N–H and O–H groups in total. The molecule has 1 aromatic heterocycles. The van der Waals surface area contributed by atoms with Crippen LogP contribution in [-0.4, -0.2) is 47.3 Å². The van der Waals surface area contributed by atoms with E-state index in [4.69, 9.17) is 4.74 Å². The lowest BCUT2D eigenvalue weighted by molar-refractivity contribution is -0.0231. The van der Waals surface area contributed by atoms with E-state index in [0.29, 0.717) is 24.8 Å². The number of nitrogens with one attached hydrogen (secondary N) is 1. The van der Waals surface area contributed by atoms with Crippen molar-refractivity contribution < 1.29 is 14.6 Å². The van der Waals surface area contributed by atoms with Crippen LogP contribution in [0.5, 0.6) is 0 Å². The second-order valence-corrected chi connectivity index (χ2v) is 5.03. The third kappa shape index (κ3) is 1.77. The Morgan fingerprint density at radius 2 is 2.56 bits per heavy atom. The number of ether oxygens (including phenoxy) is 1. The molecular weight excluding hydrogens is 234 g/mol. The number of carbonyl (C=O) groups is 1. The number of hydrogen-bond acceptors (Lipinski definition) is 5. The molecule has 2 bridgehead atoms. The maximum atomic E-state index is 11.3. The van der Waals surface area contributed by atoms with Crippen LogP contribution in [0.3, 0.4) is 0 Å². The van der Waals surface area contributed by atoms with E-state index >= 15 is 0 Å². The molecule has 0 saturated carbocycles. The fourth-order valence-electron chi connectivity index (χ4n) is 2.96. The zero-order valence-electron chi connectivity index (χ0n) is 9.85. The van der Waals surface area contributed by atoms with Crippen molar-refractivity contribution in [2.75, 3.05) is 26.3 Å². The van der Waals surface area contributed by atoms with Crippen LogP contribution in [0.25, 0.3) is 0 Å². The van der Waals surface area contributed by atoms with Crippen LogP contribution in [0.2, 0.25) is 0 Å². The Hall–Kier alpha value is -1.53. The van der Waals surface area contributed by atoms with Crippen LogP contribution in [0.4, 0.5) is 0 Å². The first-order valence-corrected chi connectivity index (χ1v) is 5.97. The van der Waals surface area contributed by atoms with E-state index in [9.17, 15) is 9.90 Å². The predicted molar refractivity (Wildman–Crippen MR) is 61.3 cm³/mol. The monoisotopic (exact) mass is 248 g/mol. The SMILES string of the molecule is O=C(O)c1cn[c]nc1C12CNCC(COC1)C2. The molecule has 95 valence electrons. The minimum absolute atomic E-state index is 0.154. The van der Waals surface area contributed by atoms with Gasteiger partial charge in [-0.15, -0.1) is 0 Å². The summed E-state index contributed by atoms with van der Waals surface area (Å²) in [5.41, 5.74) is 0.345. The first kappa shape index (κ1) is 11.6. The van der Waals surface area contributed by atoms with Crippen molar-refractivity contribution in [3.63, 3.8) is 0 Å². The van der Waals surface area contributed by atoms with Gasteiger partial charge in [0.15, 0.2) is 6.33 Å². The fourth-order valence-corrected chi connectivity index (χ4v) is 2.96. The standard InChI is InChI=1S/C12H14N3O3/c16-11(17)9-3-14-7-15-10(9)12-1-8(2-13-5-12)4-18-6-12/h3,8,13H,1-2,4-6H2,(H,16,17). The van der Waals surface area contributed by atoms with Gasteiger partial charge in [-0.25, -0.2) is 14.8 Å². The van der Waals surface area contributed by atoms with E-state index in [1.807, 2.05) is 0 Å². The first-order chi connectivity index (χ1) is 8.71. The summed E-state index contributed by atoms with van der Waals surface area (Å²) in [5.74, 6) is -0.579. The molecule has 0 amide bonds. The average Bonchev–Trinajstić information content (AvgIpc) is 2.39. The van der Waals surface area contributed by atoms with Gasteiger partial charge in [0.2, 0.25) is 0 Å². The predicted octanol–water partition coefficient (Wildman–Crippen LogP) is -0.148. The topological polar surface area (TPSA) is 84.3 Å². The van der Waals surface area contributed by atoms with E-state index in [0.717, 1.165) is 19.6 Å². The van der Waals surface area contributed by atoms with Crippen LogP contribution in [0.15, 0.2) is 6.20 Å². The Bertz CT molecular complexity index is 467. The van der Waals surface area contributed by atoms with Crippen molar-refractivity contribution in [1.82, 2.24) is 15.3 Å². The molecule has 6 heteroatoms. The molecule has 1 aromatic rings. The smallest absolute Gasteiger partial charge is 0.339 e. The summed E-state index contributed by atoms with van der Waals surface area (Å²) in [6, 6.07) is 0. The Labute approximate surface area is 104 Å². The van der Waals surface area contributed by atoms with Gasteiger partial charge in [0, 0.05) is 24.7 Å². The summed E-state index contributed by atoms with van der Waals surface area (Å²) >= 11 is 0. The number of nitrogens with zero attached hydrogens (tertiary/aromatic N) is 2. The molecular formula is C12H14N3O3. The lowest BCUT2D eigenvalue weighted by atomic mass is 9.72. The van der Waals surface area contributed by atoms with E-state index < -0.39 is 5.97 Å². The number of aromatic nitrogens is 2. The summed E-state index contributed by atoms with van der Waals surface area (Å²) in [5, 5.41) is 12.6. The second-order valence-electron chi connectivity index (χ2n) is 5.03. The van der Waals surface area contributed by atoms with Crippen molar-refractivity contribution in [2.24, 2.45) is 5.92 Å². The van der Waals surface area contributed by atoms with E-state index in [-0.39, 0.29) is 11.0 Å². The zero-order chi connectivity index (χ0) is 12.6. The number of piperidine rings is 1. The minimum atomic E-state index is -0.999. The van der Waals surface area contributed by atoms with Crippen molar-refractivity contribution >= 4 is 5.97 Å². The molecule has 3 rings (SSSR count). The van der Waals surface area contributed by atoms with E-state index in [1.165, 1.54) is 6.20 Å². The minimum Gasteiger partial charge on any atom is -0.478 e.